The molecule has 0 aliphatic rings. The average Bonchev–Trinajstić information content (AvgIpc) is 3.91. The first-order chi connectivity index (χ1) is 32.6. The second-order valence-corrected chi connectivity index (χ2v) is 26.0. The standard InChI is InChI=1S/C48H43N2OSi.C15H16N.Ir/c1-29(2)39-25-34(31-14-9-8-10-15-31)26-40(30(3)4)46(39)50-44-27-35(52(5,6)7)22-23-43(44)49-48(50)38-19-13-18-37-42-24-33-21-20-32-16-11-12-17-36(32)41(33)28-45(42)51-47(37)38;1-15(2,3)13-9-10-16-14(11-13)12-7-5-4-6-8-12;/h8-18,20-30H,1-7H3;4-7,9-11H,1-3H3;/q2*-1;. The van der Waals surface area contributed by atoms with Crippen LogP contribution in [0.2, 0.25) is 19.6 Å². The van der Waals surface area contributed by atoms with Crippen molar-refractivity contribution in [2.24, 2.45) is 0 Å². The number of rotatable bonds is 7. The minimum absolute atomic E-state index is 0. The minimum Gasteiger partial charge on any atom is -0.501 e. The van der Waals surface area contributed by atoms with Crippen molar-refractivity contribution in [3.63, 3.8) is 0 Å². The molecule has 0 aliphatic carbocycles. The third-order valence-electron chi connectivity index (χ3n) is 13.4. The molecule has 0 spiro atoms. The molecule has 69 heavy (non-hydrogen) atoms. The molecule has 0 saturated carbocycles. The normalized spacial score (nSPS) is 12.1. The largest absolute Gasteiger partial charge is 0.501 e. The molecule has 4 nitrogen and oxygen atoms in total. The van der Waals surface area contributed by atoms with Gasteiger partial charge in [0.05, 0.1) is 30.5 Å². The third kappa shape index (κ3) is 9.14. The topological polar surface area (TPSA) is 43.9 Å². The van der Waals surface area contributed by atoms with Crippen LogP contribution in [0, 0.1) is 12.1 Å². The fourth-order valence-corrected chi connectivity index (χ4v) is 10.7. The van der Waals surface area contributed by atoms with Crippen molar-refractivity contribution >= 4 is 67.8 Å². The van der Waals surface area contributed by atoms with Gasteiger partial charge in [0, 0.05) is 37.4 Å². The fraction of sp³-hybridized carbons (Fsp3) is 0.206. The quantitative estimate of drug-likeness (QED) is 0.0907. The van der Waals surface area contributed by atoms with Crippen LogP contribution < -0.4 is 5.19 Å². The molecule has 0 saturated heterocycles. The van der Waals surface area contributed by atoms with Gasteiger partial charge in [-0.3, -0.25) is 4.98 Å². The number of hydrogen-bond donors (Lipinski definition) is 0. The van der Waals surface area contributed by atoms with E-state index < -0.39 is 8.07 Å². The number of benzene rings is 8. The second-order valence-electron chi connectivity index (χ2n) is 20.9. The number of furan rings is 1. The molecule has 3 aromatic heterocycles. The summed E-state index contributed by atoms with van der Waals surface area (Å²) in [6.07, 6.45) is 1.87. The summed E-state index contributed by atoms with van der Waals surface area (Å²) in [5, 5.41) is 8.46. The molecule has 0 amide bonds. The summed E-state index contributed by atoms with van der Waals surface area (Å²) in [6, 6.07) is 63.2. The van der Waals surface area contributed by atoms with E-state index >= 15 is 0 Å². The summed E-state index contributed by atoms with van der Waals surface area (Å²) >= 11 is 0. The molecular formula is C63H59IrN3OSi-2. The predicted molar refractivity (Wildman–Crippen MR) is 291 cm³/mol. The summed E-state index contributed by atoms with van der Waals surface area (Å²) in [5.74, 6) is 1.41. The van der Waals surface area contributed by atoms with E-state index in [2.05, 4.69) is 217 Å². The first-order valence-electron chi connectivity index (χ1n) is 24.0. The molecule has 0 unspecified atom stereocenters. The van der Waals surface area contributed by atoms with Crippen LogP contribution >= 0.6 is 0 Å². The summed E-state index contributed by atoms with van der Waals surface area (Å²) in [4.78, 5) is 9.86. The minimum atomic E-state index is -1.65. The molecule has 347 valence electrons. The molecular weight excluding hydrogens is 1040 g/mol. The van der Waals surface area contributed by atoms with Crippen molar-refractivity contribution in [2.45, 2.75) is 85.4 Å². The number of fused-ring (bicyclic) bond motifs is 7. The van der Waals surface area contributed by atoms with Gasteiger partial charge in [-0.05, 0) is 115 Å². The summed E-state index contributed by atoms with van der Waals surface area (Å²) in [7, 11) is -1.65. The smallest absolute Gasteiger partial charge is 0.121 e. The molecule has 1 radical (unpaired) electrons. The molecule has 0 N–H and O–H groups in total. The summed E-state index contributed by atoms with van der Waals surface area (Å²) in [5.41, 5.74) is 14.5. The Labute approximate surface area is 421 Å². The van der Waals surface area contributed by atoms with E-state index in [1.54, 1.807) is 0 Å². The van der Waals surface area contributed by atoms with Crippen molar-refractivity contribution in [3.05, 3.63) is 193 Å². The van der Waals surface area contributed by atoms with Gasteiger partial charge < -0.3 is 14.0 Å². The number of imidazole rings is 1. The number of hydrogen-bond acceptors (Lipinski definition) is 3. The fourth-order valence-electron chi connectivity index (χ4n) is 9.56. The van der Waals surface area contributed by atoms with Gasteiger partial charge in [0.2, 0.25) is 0 Å². The second kappa shape index (κ2) is 18.8. The van der Waals surface area contributed by atoms with Crippen LogP contribution in [0.4, 0.5) is 0 Å². The molecule has 0 aliphatic heterocycles. The molecule has 6 heteroatoms. The predicted octanol–water partition coefficient (Wildman–Crippen LogP) is 17.0. The molecule has 0 atom stereocenters. The Balaban J connectivity index is 0.000000296. The van der Waals surface area contributed by atoms with Gasteiger partial charge in [0.25, 0.3) is 0 Å². The third-order valence-corrected chi connectivity index (χ3v) is 15.4. The van der Waals surface area contributed by atoms with Crippen LogP contribution in [-0.4, -0.2) is 22.6 Å². The van der Waals surface area contributed by atoms with Gasteiger partial charge >= 0.3 is 0 Å². The van der Waals surface area contributed by atoms with Gasteiger partial charge in [-0.2, -0.15) is 0 Å². The first kappa shape index (κ1) is 47.6. The van der Waals surface area contributed by atoms with Crippen LogP contribution in [0.25, 0.3) is 94.0 Å². The van der Waals surface area contributed by atoms with E-state index in [1.165, 1.54) is 60.2 Å². The van der Waals surface area contributed by atoms with Crippen LogP contribution in [0.3, 0.4) is 0 Å². The van der Waals surface area contributed by atoms with Gasteiger partial charge in [-0.25, -0.2) is 0 Å². The van der Waals surface area contributed by atoms with Crippen LogP contribution in [-0.2, 0) is 25.5 Å². The number of nitrogens with zero attached hydrogens (tertiary/aromatic N) is 3. The van der Waals surface area contributed by atoms with Gasteiger partial charge in [0.15, 0.2) is 0 Å². The maximum atomic E-state index is 6.91. The van der Waals surface area contributed by atoms with Gasteiger partial charge in [-0.15, -0.1) is 54.1 Å². The van der Waals surface area contributed by atoms with Crippen molar-refractivity contribution in [3.8, 4) is 39.5 Å². The van der Waals surface area contributed by atoms with Crippen molar-refractivity contribution in [1.29, 1.82) is 0 Å². The average molecular weight is 1090 g/mol. The van der Waals surface area contributed by atoms with Crippen molar-refractivity contribution < 1.29 is 24.5 Å². The van der Waals surface area contributed by atoms with Crippen molar-refractivity contribution in [2.75, 3.05) is 0 Å². The van der Waals surface area contributed by atoms with E-state index in [4.69, 9.17) is 9.40 Å². The molecule has 11 aromatic rings. The molecule has 8 aromatic carbocycles. The van der Waals surface area contributed by atoms with E-state index in [-0.39, 0.29) is 37.4 Å². The Morgan fingerprint density at radius 2 is 1.32 bits per heavy atom. The number of pyridine rings is 1. The Hall–Kier alpha value is -6.43. The Morgan fingerprint density at radius 3 is 2.01 bits per heavy atom. The zero-order valence-corrected chi connectivity index (χ0v) is 44.7. The van der Waals surface area contributed by atoms with E-state index in [0.717, 1.165) is 55.6 Å². The van der Waals surface area contributed by atoms with Crippen LogP contribution in [0.1, 0.15) is 77.0 Å². The Morgan fingerprint density at radius 1 is 0.609 bits per heavy atom. The maximum Gasteiger partial charge on any atom is 0.121 e. The first-order valence-corrected chi connectivity index (χ1v) is 27.5. The zero-order valence-electron chi connectivity index (χ0n) is 41.3. The van der Waals surface area contributed by atoms with E-state index in [0.29, 0.717) is 0 Å². The van der Waals surface area contributed by atoms with Gasteiger partial charge in [0.1, 0.15) is 5.58 Å². The molecule has 0 bridgehead atoms. The Kier molecular flexibility index (Phi) is 13.0. The summed E-state index contributed by atoms with van der Waals surface area (Å²) in [6.45, 7) is 23.1. The van der Waals surface area contributed by atoms with Crippen LogP contribution in [0.5, 0.6) is 0 Å². The molecule has 11 rings (SSSR count). The molecule has 0 fully saturated rings. The monoisotopic (exact) mass is 1090 g/mol. The Bertz CT molecular complexity index is 3620. The SMILES string of the molecule is CC(C)(C)c1ccnc(-c2[c-]cccc2)c1.CC(C)c1cc(-c2ccccc2)cc(C(C)C)c1-n1c(-c2[c-]ccc3c2oc2cc4c(ccc5ccccc54)cc23)nc2ccc([Si](C)(C)C)cc21.[Ir]. The summed E-state index contributed by atoms with van der Waals surface area (Å²) < 4.78 is 9.36. The zero-order chi connectivity index (χ0) is 47.5. The maximum absolute atomic E-state index is 6.91. The van der Waals surface area contributed by atoms with Gasteiger partial charge in [-0.1, -0.05) is 163 Å². The van der Waals surface area contributed by atoms with E-state index in [1.807, 2.05) is 36.5 Å². The number of aromatic nitrogens is 3. The van der Waals surface area contributed by atoms with E-state index in [9.17, 15) is 0 Å². The van der Waals surface area contributed by atoms with Crippen molar-refractivity contribution in [1.82, 2.24) is 14.5 Å². The molecule has 3 heterocycles. The van der Waals surface area contributed by atoms with Crippen LogP contribution in [0.15, 0.2) is 168 Å².